The van der Waals surface area contributed by atoms with Crippen molar-refractivity contribution < 1.29 is 18.4 Å². The van der Waals surface area contributed by atoms with Crippen LogP contribution < -0.4 is 16.0 Å². The molecule has 1 heterocycles. The fourth-order valence-electron chi connectivity index (χ4n) is 5.86. The van der Waals surface area contributed by atoms with E-state index >= 15 is 0 Å². The van der Waals surface area contributed by atoms with Crippen molar-refractivity contribution in [2.75, 3.05) is 5.32 Å². The number of anilines is 1. The van der Waals surface area contributed by atoms with E-state index in [1.54, 1.807) is 17.1 Å². The highest BCUT2D eigenvalue weighted by Crippen LogP contribution is 2.32. The summed E-state index contributed by atoms with van der Waals surface area (Å²) in [4.78, 5) is 30.9. The normalized spacial score (nSPS) is 19.0. The molecule has 5 rings (SSSR count). The Morgan fingerprint density at radius 1 is 1.12 bits per heavy atom. The molecule has 0 spiro atoms. The summed E-state index contributed by atoms with van der Waals surface area (Å²) < 4.78 is 29.7. The molecule has 0 saturated heterocycles. The molecule has 9 heteroatoms. The smallest absolute Gasteiger partial charge is 0.246 e. The first-order valence-electron chi connectivity index (χ1n) is 14.1. The van der Waals surface area contributed by atoms with Gasteiger partial charge in [0.2, 0.25) is 11.8 Å². The number of fused-ring (bicyclic) bond motifs is 2. The van der Waals surface area contributed by atoms with Crippen molar-refractivity contribution in [2.45, 2.75) is 89.4 Å². The Hall–Kier alpha value is -3.59. The number of nitrogens with one attached hydrogen (secondary N) is 3. The number of carbonyl (C=O) groups is 2. The largest absolute Gasteiger partial charge is 0.347 e. The lowest BCUT2D eigenvalue weighted by Gasteiger charge is -2.29. The number of hydrogen-bond acceptors (Lipinski definition) is 4. The van der Waals surface area contributed by atoms with Crippen molar-refractivity contribution in [2.24, 2.45) is 0 Å². The van der Waals surface area contributed by atoms with Crippen LogP contribution in [0, 0.1) is 11.6 Å². The van der Waals surface area contributed by atoms with Gasteiger partial charge in [-0.2, -0.15) is 0 Å². The van der Waals surface area contributed by atoms with Crippen LogP contribution in [-0.4, -0.2) is 33.4 Å². The second-order valence-corrected chi connectivity index (χ2v) is 11.5. The number of imidazole rings is 1. The molecule has 2 aromatic carbocycles. The van der Waals surface area contributed by atoms with Crippen LogP contribution in [0.1, 0.15) is 74.8 Å². The maximum Gasteiger partial charge on any atom is 0.246 e. The number of amides is 2. The molecule has 2 aliphatic rings. The number of aromatic nitrogens is 2. The highest BCUT2D eigenvalue weighted by Gasteiger charge is 2.34. The fourth-order valence-corrected chi connectivity index (χ4v) is 5.86. The average molecular weight is 550 g/mol. The molecule has 1 aromatic heterocycles. The van der Waals surface area contributed by atoms with Crippen molar-refractivity contribution >= 4 is 17.6 Å². The maximum atomic E-state index is 14.4. The summed E-state index contributed by atoms with van der Waals surface area (Å²) in [6.45, 7) is 5.65. The van der Waals surface area contributed by atoms with Crippen LogP contribution in [0.15, 0.2) is 48.9 Å². The lowest BCUT2D eigenvalue weighted by molar-refractivity contribution is -0.129. The van der Waals surface area contributed by atoms with E-state index in [9.17, 15) is 18.4 Å². The summed E-state index contributed by atoms with van der Waals surface area (Å²) in [6, 6.07) is 9.87. The van der Waals surface area contributed by atoms with Gasteiger partial charge in [0.25, 0.3) is 0 Å². The molecule has 0 saturated carbocycles. The summed E-state index contributed by atoms with van der Waals surface area (Å²) >= 11 is 0. The Kier molecular flexibility index (Phi) is 8.03. The van der Waals surface area contributed by atoms with Crippen LogP contribution in [0.2, 0.25) is 0 Å². The zero-order valence-electron chi connectivity index (χ0n) is 23.3. The molecule has 3 aromatic rings. The Morgan fingerprint density at radius 2 is 1.90 bits per heavy atom. The van der Waals surface area contributed by atoms with Crippen LogP contribution in [0.5, 0.6) is 0 Å². The predicted octanol–water partition coefficient (Wildman–Crippen LogP) is 4.95. The van der Waals surface area contributed by atoms with Gasteiger partial charge < -0.3 is 20.5 Å². The lowest BCUT2D eigenvalue weighted by Crippen LogP contribution is -2.48. The number of benzene rings is 2. The fraction of sp³-hybridized carbons (Fsp3) is 0.452. The van der Waals surface area contributed by atoms with Crippen molar-refractivity contribution in [1.82, 2.24) is 20.2 Å². The third-order valence-corrected chi connectivity index (χ3v) is 8.27. The Bertz CT molecular complexity index is 1400. The van der Waals surface area contributed by atoms with Gasteiger partial charge in [-0.15, -0.1) is 0 Å². The van der Waals surface area contributed by atoms with E-state index in [1.165, 1.54) is 11.6 Å². The molecule has 3 N–H and O–H groups in total. The van der Waals surface area contributed by atoms with Crippen LogP contribution >= 0.6 is 0 Å². The number of carbonyl (C=O) groups excluding carboxylic acids is 2. The minimum Gasteiger partial charge on any atom is -0.347 e. The van der Waals surface area contributed by atoms with Gasteiger partial charge in [0.1, 0.15) is 17.2 Å². The first kappa shape index (κ1) is 28.0. The second-order valence-electron chi connectivity index (χ2n) is 11.5. The topological polar surface area (TPSA) is 88.0 Å². The minimum absolute atomic E-state index is 0.0224. The minimum atomic E-state index is -0.923. The second kappa shape index (κ2) is 11.5. The highest BCUT2D eigenvalue weighted by molar-refractivity contribution is 5.94. The van der Waals surface area contributed by atoms with Crippen LogP contribution in [-0.2, 0) is 34.4 Å². The van der Waals surface area contributed by atoms with Crippen molar-refractivity contribution in [1.29, 1.82) is 0 Å². The van der Waals surface area contributed by atoms with Crippen LogP contribution in [0.4, 0.5) is 14.6 Å². The Morgan fingerprint density at radius 3 is 2.70 bits per heavy atom. The number of nitrogens with zero attached hydrogens (tertiary/aromatic N) is 2. The van der Waals surface area contributed by atoms with E-state index in [4.69, 9.17) is 0 Å². The predicted molar refractivity (Wildman–Crippen MR) is 150 cm³/mol. The van der Waals surface area contributed by atoms with Gasteiger partial charge in [-0.1, -0.05) is 37.6 Å². The first-order chi connectivity index (χ1) is 19.2. The van der Waals surface area contributed by atoms with Gasteiger partial charge in [0.05, 0.1) is 18.4 Å². The summed E-state index contributed by atoms with van der Waals surface area (Å²) in [7, 11) is 0. The Labute approximate surface area is 233 Å². The van der Waals surface area contributed by atoms with Crippen molar-refractivity contribution in [3.8, 4) is 0 Å². The molecule has 7 nitrogen and oxygen atoms in total. The molecule has 0 bridgehead atoms. The molecule has 2 aliphatic carbocycles. The highest BCUT2D eigenvalue weighted by atomic mass is 19.1. The number of rotatable bonds is 9. The summed E-state index contributed by atoms with van der Waals surface area (Å²) in [5.41, 5.74) is 2.72. The molecule has 0 aliphatic heterocycles. The van der Waals surface area contributed by atoms with Gasteiger partial charge >= 0.3 is 0 Å². The monoisotopic (exact) mass is 549 g/mol. The zero-order valence-corrected chi connectivity index (χ0v) is 23.3. The summed E-state index contributed by atoms with van der Waals surface area (Å²) in [6.07, 6.45) is 8.05. The summed E-state index contributed by atoms with van der Waals surface area (Å²) in [5.74, 6) is -1.10. The van der Waals surface area contributed by atoms with Crippen molar-refractivity contribution in [3.05, 3.63) is 82.8 Å². The average Bonchev–Trinajstić information content (AvgIpc) is 3.56. The van der Waals surface area contributed by atoms with Crippen molar-refractivity contribution in [3.63, 3.8) is 0 Å². The van der Waals surface area contributed by atoms with E-state index in [0.717, 1.165) is 30.9 Å². The van der Waals surface area contributed by atoms with E-state index in [1.807, 2.05) is 32.9 Å². The molecule has 3 atom stereocenters. The maximum absolute atomic E-state index is 14.4. The van der Waals surface area contributed by atoms with E-state index in [0.29, 0.717) is 42.6 Å². The quantitative estimate of drug-likeness (QED) is 0.352. The summed E-state index contributed by atoms with van der Waals surface area (Å²) in [5, 5.41) is 9.46. The van der Waals surface area contributed by atoms with Crippen LogP contribution in [0.3, 0.4) is 0 Å². The number of halogens is 2. The molecule has 0 fully saturated rings. The Balaban J connectivity index is 1.21. The van der Waals surface area contributed by atoms with E-state index in [2.05, 4.69) is 33.1 Å². The van der Waals surface area contributed by atoms with Gasteiger partial charge in [-0.05, 0) is 80.7 Å². The SMILES string of the molecule is CCC[C@H](NC1CCc2cc(F)cc(F)c2C1)C(=O)Nc1cn(C(C)(C)C(=O)NC2CCc3ccccc32)cn1. The first-order valence-corrected chi connectivity index (χ1v) is 14.1. The molecule has 2 unspecified atom stereocenters. The molecule has 0 radical (unpaired) electrons. The molecular weight excluding hydrogens is 512 g/mol. The van der Waals surface area contributed by atoms with Gasteiger partial charge in [0, 0.05) is 18.3 Å². The zero-order chi connectivity index (χ0) is 28.4. The van der Waals surface area contributed by atoms with E-state index < -0.39 is 23.2 Å². The molecule has 40 heavy (non-hydrogen) atoms. The van der Waals surface area contributed by atoms with Gasteiger partial charge in [0.15, 0.2) is 5.82 Å². The third-order valence-electron chi connectivity index (χ3n) is 8.27. The lowest BCUT2D eigenvalue weighted by atomic mass is 9.87. The molecular formula is C31H37F2N5O2. The molecule has 2 amide bonds. The number of hydrogen-bond donors (Lipinski definition) is 3. The van der Waals surface area contributed by atoms with Crippen LogP contribution in [0.25, 0.3) is 0 Å². The molecule has 212 valence electrons. The standard InChI is InChI=1S/C31H37F2N5O2/c1-4-7-27(35-22-12-10-20-14-21(32)15-25(33)24(20)16-22)29(39)37-28-17-38(18-34-28)31(2,3)30(40)36-26-13-11-19-8-5-6-9-23(19)26/h5-6,8-9,14-15,17-18,22,26-27,35H,4,7,10-13,16H2,1-3H3,(H,36,40)(H,37,39)/t22?,26?,27-/m0/s1. The van der Waals surface area contributed by atoms with Gasteiger partial charge in [-0.25, -0.2) is 13.8 Å². The number of aryl methyl sites for hydroxylation is 2. The van der Waals surface area contributed by atoms with Gasteiger partial charge in [-0.3, -0.25) is 9.59 Å². The van der Waals surface area contributed by atoms with E-state index in [-0.39, 0.29) is 23.9 Å². The third kappa shape index (κ3) is 5.80.